The second-order valence-electron chi connectivity index (χ2n) is 2.84. The predicted octanol–water partition coefficient (Wildman–Crippen LogP) is 1.43. The standard InChI is InChI=1S/C7H11NO/c1-7(2,3-5-8)4-6-9/h8H,3-4H2,1-2H3. The number of hydrogen-bond acceptors (Lipinski definition) is 2. The van der Waals surface area contributed by atoms with Crippen LogP contribution in [0.1, 0.15) is 26.7 Å². The van der Waals surface area contributed by atoms with Crippen LogP contribution < -0.4 is 0 Å². The van der Waals surface area contributed by atoms with E-state index < -0.39 is 0 Å². The summed E-state index contributed by atoms with van der Waals surface area (Å²) in [4.78, 5) is 9.88. The fourth-order valence-electron chi connectivity index (χ4n) is 0.497. The molecule has 0 saturated heterocycles. The maximum Gasteiger partial charge on any atom is 0.198 e. The Morgan fingerprint density at radius 1 is 1.44 bits per heavy atom. The van der Waals surface area contributed by atoms with E-state index in [-0.39, 0.29) is 5.41 Å². The molecule has 9 heavy (non-hydrogen) atoms. The molecule has 1 N–H and O–H groups in total. The van der Waals surface area contributed by atoms with Gasteiger partial charge in [0.2, 0.25) is 0 Å². The molecule has 0 rings (SSSR count). The minimum absolute atomic E-state index is 0.122. The van der Waals surface area contributed by atoms with Crippen LogP contribution in [0.3, 0.4) is 0 Å². The molecular weight excluding hydrogens is 114 g/mol. The van der Waals surface area contributed by atoms with Crippen LogP contribution >= 0.6 is 0 Å². The average molecular weight is 125 g/mol. The van der Waals surface area contributed by atoms with Crippen LogP contribution in [0, 0.1) is 10.8 Å². The lowest BCUT2D eigenvalue weighted by molar-refractivity contribution is 0.391. The van der Waals surface area contributed by atoms with E-state index in [0.29, 0.717) is 12.8 Å². The molecule has 0 spiro atoms. The summed E-state index contributed by atoms with van der Waals surface area (Å²) in [5, 5.41) is 6.66. The van der Waals surface area contributed by atoms with Crippen molar-refractivity contribution < 1.29 is 4.79 Å². The molecule has 0 aliphatic carbocycles. The molecule has 0 aliphatic heterocycles. The van der Waals surface area contributed by atoms with Gasteiger partial charge in [-0.15, -0.1) is 0 Å². The molecule has 0 aliphatic rings. The van der Waals surface area contributed by atoms with Crippen LogP contribution in [-0.4, -0.2) is 12.5 Å². The first-order chi connectivity index (χ1) is 4.12. The van der Waals surface area contributed by atoms with E-state index in [0.717, 1.165) is 0 Å². The molecule has 0 atom stereocenters. The van der Waals surface area contributed by atoms with Gasteiger partial charge in [0.25, 0.3) is 0 Å². The van der Waals surface area contributed by atoms with E-state index in [9.17, 15) is 4.79 Å². The maximum atomic E-state index is 9.88. The Bertz CT molecular complexity index is 95.5. The quantitative estimate of drug-likeness (QED) is 0.567. The fraction of sp³-hybridized carbons (Fsp3) is 0.714. The summed E-state index contributed by atoms with van der Waals surface area (Å²) in [7, 11) is 0. The Kier molecular flexibility index (Phi) is 3.13. The summed E-state index contributed by atoms with van der Waals surface area (Å²) in [5.41, 5.74) is -0.122. The van der Waals surface area contributed by atoms with E-state index in [2.05, 4.69) is 6.21 Å². The summed E-state index contributed by atoms with van der Waals surface area (Å²) in [6, 6.07) is 0. The molecule has 0 heterocycles. The maximum absolute atomic E-state index is 9.88. The van der Waals surface area contributed by atoms with Crippen molar-refractivity contribution in [2.75, 3.05) is 0 Å². The van der Waals surface area contributed by atoms with Crippen molar-refractivity contribution in [3.8, 4) is 0 Å². The van der Waals surface area contributed by atoms with Gasteiger partial charge < -0.3 is 5.41 Å². The van der Waals surface area contributed by atoms with E-state index in [1.54, 1.807) is 0 Å². The Morgan fingerprint density at radius 3 is 2.33 bits per heavy atom. The first kappa shape index (κ1) is 8.34. The first-order valence-electron chi connectivity index (χ1n) is 2.87. The first-order valence-corrected chi connectivity index (χ1v) is 2.87. The molecule has 0 saturated carbocycles. The number of nitrogens with one attached hydrogen (secondary N) is 1. The molecule has 2 radical (unpaired) electrons. The Hall–Kier alpha value is -0.660. The molecular formula is C7H11NO. The zero-order valence-electron chi connectivity index (χ0n) is 5.82. The smallest absolute Gasteiger partial charge is 0.198 e. The fourth-order valence-corrected chi connectivity index (χ4v) is 0.497. The minimum Gasteiger partial charge on any atom is -0.303 e. The third-order valence-corrected chi connectivity index (χ3v) is 1.12. The second kappa shape index (κ2) is 3.38. The van der Waals surface area contributed by atoms with E-state index in [1.165, 1.54) is 0 Å². The van der Waals surface area contributed by atoms with Gasteiger partial charge >= 0.3 is 0 Å². The highest BCUT2D eigenvalue weighted by atomic mass is 16.1. The molecule has 2 heteroatoms. The highest BCUT2D eigenvalue weighted by Crippen LogP contribution is 2.21. The van der Waals surface area contributed by atoms with Gasteiger partial charge in [-0.25, -0.2) is 0 Å². The van der Waals surface area contributed by atoms with E-state index >= 15 is 0 Å². The van der Waals surface area contributed by atoms with Gasteiger partial charge in [-0.05, 0) is 11.8 Å². The summed E-state index contributed by atoms with van der Waals surface area (Å²) in [6.45, 7) is 3.83. The molecule has 0 aromatic rings. The molecule has 50 valence electrons. The normalized spacial score (nSPS) is 10.9. The lowest BCUT2D eigenvalue weighted by Gasteiger charge is -2.16. The summed E-state index contributed by atoms with van der Waals surface area (Å²) < 4.78 is 0. The van der Waals surface area contributed by atoms with Crippen LogP contribution in [0.4, 0.5) is 0 Å². The van der Waals surface area contributed by atoms with Crippen molar-refractivity contribution in [3.63, 3.8) is 0 Å². The predicted molar refractivity (Wildman–Crippen MR) is 36.4 cm³/mol. The Labute approximate surface area is 55.8 Å². The zero-order valence-corrected chi connectivity index (χ0v) is 5.82. The van der Waals surface area contributed by atoms with Crippen LogP contribution in [0.2, 0.25) is 0 Å². The van der Waals surface area contributed by atoms with Crippen molar-refractivity contribution in [2.45, 2.75) is 26.7 Å². The number of carbonyl (C=O) groups excluding carboxylic acids is 1. The monoisotopic (exact) mass is 125 g/mol. The van der Waals surface area contributed by atoms with E-state index in [1.807, 2.05) is 20.1 Å². The lowest BCUT2D eigenvalue weighted by Crippen LogP contribution is -2.11. The van der Waals surface area contributed by atoms with Crippen LogP contribution in [-0.2, 0) is 4.79 Å². The van der Waals surface area contributed by atoms with Gasteiger partial charge in [-0.3, -0.25) is 4.79 Å². The van der Waals surface area contributed by atoms with Crippen molar-refractivity contribution in [1.29, 1.82) is 5.41 Å². The van der Waals surface area contributed by atoms with Gasteiger partial charge in [0, 0.05) is 6.42 Å². The molecule has 0 bridgehead atoms. The van der Waals surface area contributed by atoms with E-state index in [4.69, 9.17) is 5.41 Å². The van der Waals surface area contributed by atoms with Crippen molar-refractivity contribution in [3.05, 3.63) is 0 Å². The molecule has 0 unspecified atom stereocenters. The second-order valence-corrected chi connectivity index (χ2v) is 2.84. The molecule has 0 amide bonds. The third-order valence-electron chi connectivity index (χ3n) is 1.12. The summed E-state index contributed by atoms with van der Waals surface area (Å²) in [6.07, 6.45) is 5.00. The number of rotatable bonds is 4. The van der Waals surface area contributed by atoms with Crippen molar-refractivity contribution in [2.24, 2.45) is 5.41 Å². The highest BCUT2D eigenvalue weighted by Gasteiger charge is 2.15. The molecule has 0 fully saturated rings. The van der Waals surface area contributed by atoms with Gasteiger partial charge in [-0.2, -0.15) is 0 Å². The third kappa shape index (κ3) is 3.88. The van der Waals surface area contributed by atoms with Gasteiger partial charge in [0.15, 0.2) is 6.29 Å². The summed E-state index contributed by atoms with van der Waals surface area (Å²) >= 11 is 0. The summed E-state index contributed by atoms with van der Waals surface area (Å²) in [5.74, 6) is 0. The minimum atomic E-state index is -0.122. The highest BCUT2D eigenvalue weighted by molar-refractivity contribution is 5.57. The average Bonchev–Trinajstić information content (AvgIpc) is 1.64. The van der Waals surface area contributed by atoms with Crippen LogP contribution in [0.15, 0.2) is 0 Å². The van der Waals surface area contributed by atoms with Crippen LogP contribution in [0.5, 0.6) is 0 Å². The topological polar surface area (TPSA) is 40.9 Å². The van der Waals surface area contributed by atoms with Gasteiger partial charge in [0.05, 0.1) is 6.21 Å². The largest absolute Gasteiger partial charge is 0.303 e. The van der Waals surface area contributed by atoms with Crippen LogP contribution in [0.25, 0.3) is 0 Å². The lowest BCUT2D eigenvalue weighted by atomic mass is 9.87. The zero-order chi connectivity index (χ0) is 7.33. The van der Waals surface area contributed by atoms with Crippen molar-refractivity contribution >= 4 is 12.5 Å². The molecule has 0 aromatic heterocycles. The van der Waals surface area contributed by atoms with Gasteiger partial charge in [0.1, 0.15) is 0 Å². The molecule has 0 aromatic carbocycles. The number of hydrogen-bond donors (Lipinski definition) is 1. The Morgan fingerprint density at radius 2 is 2.00 bits per heavy atom. The Balaban J connectivity index is 3.68. The van der Waals surface area contributed by atoms with Gasteiger partial charge in [-0.1, -0.05) is 13.8 Å². The molecule has 2 nitrogen and oxygen atoms in total. The van der Waals surface area contributed by atoms with Crippen molar-refractivity contribution in [1.82, 2.24) is 0 Å². The SMILES string of the molecule is CC(C)(C[C]=N)C[C]=O.